The summed E-state index contributed by atoms with van der Waals surface area (Å²) in [5.74, 6) is 1.38. The maximum atomic E-state index is 13.1. The van der Waals surface area contributed by atoms with Gasteiger partial charge in [0.2, 0.25) is 5.91 Å². The van der Waals surface area contributed by atoms with Crippen molar-refractivity contribution in [1.82, 2.24) is 14.7 Å². The van der Waals surface area contributed by atoms with Crippen molar-refractivity contribution < 1.29 is 9.59 Å². The van der Waals surface area contributed by atoms with Gasteiger partial charge in [-0.15, -0.1) is 0 Å². The minimum Gasteiger partial charge on any atom is -0.342 e. The first kappa shape index (κ1) is 28.4. The van der Waals surface area contributed by atoms with E-state index in [9.17, 15) is 9.59 Å². The lowest BCUT2D eigenvalue weighted by Gasteiger charge is -2.35. The zero-order valence-electron chi connectivity index (χ0n) is 24.5. The van der Waals surface area contributed by atoms with Crippen LogP contribution in [0.1, 0.15) is 71.2 Å². The molecule has 39 heavy (non-hydrogen) atoms. The van der Waals surface area contributed by atoms with Crippen molar-refractivity contribution in [3.8, 4) is 5.69 Å². The molecule has 0 atom stereocenters. The van der Waals surface area contributed by atoms with Crippen LogP contribution in [0.25, 0.3) is 5.69 Å². The van der Waals surface area contributed by atoms with Gasteiger partial charge >= 0.3 is 6.03 Å². The van der Waals surface area contributed by atoms with Crippen molar-refractivity contribution in [3.63, 3.8) is 0 Å². The Bertz CT molecular complexity index is 1300. The number of nitrogens with zero attached hydrogens (tertiary/aromatic N) is 3. The lowest BCUT2D eigenvalue weighted by molar-refractivity contribution is -0.140. The lowest BCUT2D eigenvalue weighted by atomic mass is 9.88. The fraction of sp³-hybridized carbons (Fsp3) is 0.469. The number of rotatable bonds is 5. The van der Waals surface area contributed by atoms with Crippen LogP contribution < -0.4 is 10.6 Å². The monoisotopic (exact) mass is 529 g/mol. The molecule has 2 heterocycles. The van der Waals surface area contributed by atoms with Crippen LogP contribution in [-0.2, 0) is 16.6 Å². The van der Waals surface area contributed by atoms with Gasteiger partial charge in [-0.3, -0.25) is 10.1 Å². The Balaban J connectivity index is 1.40. The van der Waals surface area contributed by atoms with E-state index < -0.39 is 0 Å². The van der Waals surface area contributed by atoms with E-state index in [4.69, 9.17) is 5.10 Å². The molecule has 1 aliphatic rings. The highest BCUT2D eigenvalue weighted by atomic mass is 16.2. The molecule has 2 aromatic carbocycles. The van der Waals surface area contributed by atoms with Gasteiger partial charge in [-0.25, -0.2) is 9.48 Å². The molecule has 1 aliphatic heterocycles. The van der Waals surface area contributed by atoms with E-state index in [1.165, 1.54) is 5.56 Å². The number of benzene rings is 2. The number of urea groups is 1. The SMILES string of the molecule is Cc1ccc(-n2nc(C(C)(C)C)cc2NC(=O)Nc2cccc(CC3CCN(C(=O)C(C)(C)C)CC3)c2)cc1. The molecule has 4 rings (SSSR count). The second-order valence-electron chi connectivity index (χ2n) is 12.9. The third-order valence-electron chi connectivity index (χ3n) is 7.25. The molecule has 3 amide bonds. The van der Waals surface area contributed by atoms with Crippen LogP contribution >= 0.6 is 0 Å². The van der Waals surface area contributed by atoms with Crippen molar-refractivity contribution >= 4 is 23.4 Å². The molecule has 0 bridgehead atoms. The molecule has 208 valence electrons. The van der Waals surface area contributed by atoms with Gasteiger partial charge in [0.15, 0.2) is 0 Å². The van der Waals surface area contributed by atoms with Gasteiger partial charge in [-0.05, 0) is 61.9 Å². The first-order chi connectivity index (χ1) is 18.3. The third-order valence-corrected chi connectivity index (χ3v) is 7.25. The van der Waals surface area contributed by atoms with Gasteiger partial charge in [0.1, 0.15) is 5.82 Å². The minimum absolute atomic E-state index is 0.159. The fourth-order valence-electron chi connectivity index (χ4n) is 4.92. The number of anilines is 2. The van der Waals surface area contributed by atoms with Crippen molar-refractivity contribution in [2.24, 2.45) is 11.3 Å². The number of carbonyl (C=O) groups is 2. The molecule has 3 aromatic rings. The summed E-state index contributed by atoms with van der Waals surface area (Å²) < 4.78 is 1.78. The van der Waals surface area contributed by atoms with Gasteiger partial charge in [-0.1, -0.05) is 71.4 Å². The van der Waals surface area contributed by atoms with Crippen LogP contribution in [0.5, 0.6) is 0 Å². The molecule has 0 radical (unpaired) electrons. The number of likely N-dealkylation sites (tertiary alicyclic amines) is 1. The topological polar surface area (TPSA) is 79.3 Å². The summed E-state index contributed by atoms with van der Waals surface area (Å²) in [7, 11) is 0. The molecule has 0 aliphatic carbocycles. The van der Waals surface area contributed by atoms with Crippen molar-refractivity contribution in [2.75, 3.05) is 23.7 Å². The normalized spacial score (nSPS) is 14.8. The number of carbonyl (C=O) groups excluding carboxylic acids is 2. The predicted octanol–water partition coefficient (Wildman–Crippen LogP) is 6.95. The maximum absolute atomic E-state index is 13.1. The molecular formula is C32H43N5O2. The van der Waals surface area contributed by atoms with Crippen LogP contribution in [0.2, 0.25) is 0 Å². The highest BCUT2D eigenvalue weighted by molar-refractivity contribution is 5.99. The minimum atomic E-state index is -0.334. The van der Waals surface area contributed by atoms with Crippen molar-refractivity contribution in [2.45, 2.75) is 73.1 Å². The van der Waals surface area contributed by atoms with E-state index in [1.807, 2.05) is 81.1 Å². The molecular weight excluding hydrogens is 486 g/mol. The number of hydrogen-bond acceptors (Lipinski definition) is 3. The zero-order valence-corrected chi connectivity index (χ0v) is 24.5. The van der Waals surface area contributed by atoms with Crippen LogP contribution in [-0.4, -0.2) is 39.7 Å². The Hall–Kier alpha value is -3.61. The smallest absolute Gasteiger partial charge is 0.324 e. The maximum Gasteiger partial charge on any atom is 0.324 e. The van der Waals surface area contributed by atoms with Crippen LogP contribution in [0.3, 0.4) is 0 Å². The van der Waals surface area contributed by atoms with E-state index in [0.717, 1.165) is 55.0 Å². The molecule has 1 aromatic heterocycles. The highest BCUT2D eigenvalue weighted by Crippen LogP contribution is 2.28. The summed E-state index contributed by atoms with van der Waals surface area (Å²) >= 11 is 0. The highest BCUT2D eigenvalue weighted by Gasteiger charge is 2.30. The number of piperidine rings is 1. The van der Waals surface area contributed by atoms with Crippen molar-refractivity contribution in [3.05, 3.63) is 71.4 Å². The van der Waals surface area contributed by atoms with Gasteiger partial charge in [0.05, 0.1) is 11.4 Å². The summed E-state index contributed by atoms with van der Waals surface area (Å²) in [6, 6.07) is 17.8. The van der Waals surface area contributed by atoms with Gasteiger partial charge in [0, 0.05) is 35.7 Å². The summed E-state index contributed by atoms with van der Waals surface area (Å²) in [6.07, 6.45) is 2.93. The van der Waals surface area contributed by atoms with E-state index in [-0.39, 0.29) is 22.8 Å². The van der Waals surface area contributed by atoms with Gasteiger partial charge in [0.25, 0.3) is 0 Å². The average Bonchev–Trinajstić information content (AvgIpc) is 3.28. The Morgan fingerprint density at radius 1 is 0.923 bits per heavy atom. The predicted molar refractivity (Wildman–Crippen MR) is 159 cm³/mol. The number of hydrogen-bond donors (Lipinski definition) is 2. The van der Waals surface area contributed by atoms with Gasteiger partial charge < -0.3 is 10.2 Å². The van der Waals surface area contributed by atoms with Crippen molar-refractivity contribution in [1.29, 1.82) is 0 Å². The Morgan fingerprint density at radius 2 is 1.59 bits per heavy atom. The second-order valence-corrected chi connectivity index (χ2v) is 12.9. The van der Waals surface area contributed by atoms with E-state index in [2.05, 4.69) is 37.5 Å². The second kappa shape index (κ2) is 11.2. The quantitative estimate of drug-likeness (QED) is 0.375. The summed E-state index contributed by atoms with van der Waals surface area (Å²) in [6.45, 7) is 15.9. The number of nitrogens with one attached hydrogen (secondary N) is 2. The standard InChI is InChI=1S/C32H43N5O2/c1-22-11-13-26(14-12-22)37-28(21-27(35-37)31(2,3)4)34-30(39)33-25-10-8-9-24(20-25)19-23-15-17-36(18-16-23)29(38)32(5,6)7/h8-14,20-21,23H,15-19H2,1-7H3,(H2,33,34,39). The zero-order chi connectivity index (χ0) is 28.4. The Labute approximate surface area is 233 Å². The molecule has 7 heteroatoms. The lowest BCUT2D eigenvalue weighted by Crippen LogP contribution is -2.44. The van der Waals surface area contributed by atoms with Gasteiger partial charge in [-0.2, -0.15) is 5.10 Å². The first-order valence-electron chi connectivity index (χ1n) is 13.9. The number of aryl methyl sites for hydroxylation is 1. The fourth-order valence-corrected chi connectivity index (χ4v) is 4.92. The molecule has 0 saturated carbocycles. The van der Waals surface area contributed by atoms with E-state index >= 15 is 0 Å². The summed E-state index contributed by atoms with van der Waals surface area (Å²) in [5.41, 5.74) is 4.40. The van der Waals surface area contributed by atoms with Crippen LogP contribution in [0.4, 0.5) is 16.3 Å². The number of aromatic nitrogens is 2. The Morgan fingerprint density at radius 3 is 2.21 bits per heavy atom. The van der Waals surface area contributed by atoms with E-state index in [0.29, 0.717) is 11.7 Å². The average molecular weight is 530 g/mol. The largest absolute Gasteiger partial charge is 0.342 e. The molecule has 0 unspecified atom stereocenters. The molecule has 7 nitrogen and oxygen atoms in total. The summed E-state index contributed by atoms with van der Waals surface area (Å²) in [5, 5.41) is 10.8. The Kier molecular flexibility index (Phi) is 8.19. The molecule has 1 fully saturated rings. The third kappa shape index (κ3) is 7.28. The number of amides is 3. The molecule has 1 saturated heterocycles. The van der Waals surface area contributed by atoms with Crippen LogP contribution in [0.15, 0.2) is 54.6 Å². The molecule has 0 spiro atoms. The molecule has 2 N–H and O–H groups in total. The van der Waals surface area contributed by atoms with E-state index in [1.54, 1.807) is 4.68 Å². The first-order valence-corrected chi connectivity index (χ1v) is 13.9. The summed E-state index contributed by atoms with van der Waals surface area (Å²) in [4.78, 5) is 27.7. The van der Waals surface area contributed by atoms with Crippen LogP contribution in [0, 0.1) is 18.3 Å².